The fourth-order valence-electron chi connectivity index (χ4n) is 13.8. The highest BCUT2D eigenvalue weighted by Crippen LogP contribution is 2.53. The highest BCUT2D eigenvalue weighted by Gasteiger charge is 2.35. The fourth-order valence-corrected chi connectivity index (χ4v) is 13.8. The van der Waals surface area contributed by atoms with E-state index in [1.54, 1.807) is 0 Å². The van der Waals surface area contributed by atoms with Gasteiger partial charge in [0.2, 0.25) is 0 Å². The summed E-state index contributed by atoms with van der Waals surface area (Å²) in [7, 11) is 0. The zero-order chi connectivity index (χ0) is 47.1. The van der Waals surface area contributed by atoms with Gasteiger partial charge in [-0.05, 0) is 155 Å². The minimum absolute atomic E-state index is 0.524. The third-order valence-electron chi connectivity index (χ3n) is 17.3. The summed E-state index contributed by atoms with van der Waals surface area (Å²) >= 11 is 0. The number of nitrogens with zero attached hydrogens (tertiary/aromatic N) is 1. The van der Waals surface area contributed by atoms with Crippen LogP contribution in [0.2, 0.25) is 0 Å². The van der Waals surface area contributed by atoms with Crippen LogP contribution >= 0.6 is 0 Å². The Morgan fingerprint density at radius 1 is 0.521 bits per heavy atom. The van der Waals surface area contributed by atoms with Gasteiger partial charge in [-0.1, -0.05) is 191 Å². The zero-order valence-corrected chi connectivity index (χ0v) is 41.3. The lowest BCUT2D eigenvalue weighted by Crippen LogP contribution is -2.25. The molecule has 352 valence electrons. The van der Waals surface area contributed by atoms with Gasteiger partial charge in [-0.3, -0.25) is 0 Å². The molecular weight excluding hydrogens is 859 g/mol. The molecule has 8 aromatic rings. The Hall–Kier alpha value is -6.82. The van der Waals surface area contributed by atoms with Crippen molar-refractivity contribution >= 4 is 55.2 Å². The number of aryl methyl sites for hydroxylation is 1. The Labute approximate surface area is 421 Å². The second-order valence-corrected chi connectivity index (χ2v) is 21.5. The van der Waals surface area contributed by atoms with Crippen molar-refractivity contribution < 1.29 is 4.42 Å². The quantitative estimate of drug-likeness (QED) is 0.134. The van der Waals surface area contributed by atoms with Gasteiger partial charge in [-0.2, -0.15) is 0 Å². The lowest BCUT2D eigenvalue weighted by molar-refractivity contribution is 0.442. The minimum atomic E-state index is 0.524. The molecule has 0 N–H and O–H groups in total. The van der Waals surface area contributed by atoms with Crippen LogP contribution in [-0.4, -0.2) is 0 Å². The molecule has 5 aliphatic rings. The van der Waals surface area contributed by atoms with Crippen molar-refractivity contribution in [1.82, 2.24) is 0 Å². The molecule has 0 unspecified atom stereocenters. The Balaban J connectivity index is 1.16. The molecule has 0 spiro atoms. The van der Waals surface area contributed by atoms with Gasteiger partial charge >= 0.3 is 0 Å². The van der Waals surface area contributed by atoms with Gasteiger partial charge in [-0.15, -0.1) is 0 Å². The van der Waals surface area contributed by atoms with Crippen LogP contribution in [0.15, 0.2) is 168 Å². The summed E-state index contributed by atoms with van der Waals surface area (Å²) in [5, 5.41) is 5.01. The summed E-state index contributed by atoms with van der Waals surface area (Å²) in [6.45, 7) is 0. The first kappa shape index (κ1) is 44.1. The lowest BCUT2D eigenvalue weighted by Gasteiger charge is -2.39. The zero-order valence-electron chi connectivity index (χ0n) is 41.3. The van der Waals surface area contributed by atoms with Crippen molar-refractivity contribution in [2.24, 2.45) is 0 Å². The summed E-state index contributed by atoms with van der Waals surface area (Å²) in [6.07, 6.45) is 28.3. The summed E-state index contributed by atoms with van der Waals surface area (Å²) in [5.41, 5.74) is 20.9. The van der Waals surface area contributed by atoms with E-state index in [9.17, 15) is 0 Å². The van der Waals surface area contributed by atoms with Crippen molar-refractivity contribution in [1.29, 1.82) is 0 Å². The molecule has 3 fully saturated rings. The summed E-state index contributed by atoms with van der Waals surface area (Å²) in [5.74, 6) is 8.53. The molecule has 0 radical (unpaired) electrons. The third kappa shape index (κ3) is 8.26. The van der Waals surface area contributed by atoms with Crippen LogP contribution in [-0.2, 0) is 6.42 Å². The highest BCUT2D eigenvalue weighted by molar-refractivity contribution is 6.08. The third-order valence-corrected chi connectivity index (χ3v) is 17.3. The van der Waals surface area contributed by atoms with E-state index in [0.717, 1.165) is 29.7 Å². The Morgan fingerprint density at radius 3 is 2.01 bits per heavy atom. The number of hydrogen-bond acceptors (Lipinski definition) is 2. The Morgan fingerprint density at radius 2 is 1.20 bits per heavy atom. The largest absolute Gasteiger partial charge is 0.456 e. The molecule has 0 saturated heterocycles. The van der Waals surface area contributed by atoms with Crippen molar-refractivity contribution in [3.63, 3.8) is 0 Å². The topological polar surface area (TPSA) is 16.4 Å². The smallest absolute Gasteiger partial charge is 0.138 e. The van der Waals surface area contributed by atoms with E-state index in [0.29, 0.717) is 24.2 Å². The predicted octanol–water partition coefficient (Wildman–Crippen LogP) is 19.4. The number of rotatable bonds is 9. The second-order valence-electron chi connectivity index (χ2n) is 21.5. The molecule has 0 amide bonds. The van der Waals surface area contributed by atoms with Gasteiger partial charge in [0.05, 0.1) is 5.69 Å². The average Bonchev–Trinajstić information content (AvgIpc) is 3.60. The van der Waals surface area contributed by atoms with Gasteiger partial charge in [-0.25, -0.2) is 0 Å². The van der Waals surface area contributed by atoms with Crippen LogP contribution in [0, 0.1) is 11.8 Å². The number of furan rings is 1. The van der Waals surface area contributed by atoms with Crippen LogP contribution in [0.3, 0.4) is 0 Å². The van der Waals surface area contributed by atoms with E-state index in [1.807, 2.05) is 6.08 Å². The number of allylic oxidation sites excluding steroid dienone is 5. The first-order valence-electron chi connectivity index (χ1n) is 27.4. The molecule has 7 aromatic carbocycles. The molecule has 0 atom stereocenters. The van der Waals surface area contributed by atoms with Gasteiger partial charge in [0.1, 0.15) is 11.2 Å². The summed E-state index contributed by atoms with van der Waals surface area (Å²) in [4.78, 5) is 2.75. The number of anilines is 2. The first-order chi connectivity index (χ1) is 35.2. The minimum Gasteiger partial charge on any atom is -0.456 e. The molecular formula is C69H65NO. The van der Waals surface area contributed by atoms with Gasteiger partial charge in [0.15, 0.2) is 0 Å². The Bertz CT molecular complexity index is 3450. The molecule has 0 aliphatic heterocycles. The van der Waals surface area contributed by atoms with E-state index >= 15 is 0 Å². The van der Waals surface area contributed by atoms with E-state index in [4.69, 9.17) is 4.42 Å². The van der Waals surface area contributed by atoms with Crippen LogP contribution in [0.1, 0.15) is 166 Å². The molecule has 3 saturated carbocycles. The lowest BCUT2D eigenvalue weighted by atomic mass is 9.74. The molecule has 2 nitrogen and oxygen atoms in total. The SMILES string of the molecule is C1#CCC(c2cc(C3CCCCC3)cc(-c3ccccc3)c2N(C2=C(c3cccc4ccccc34)c3c(cccc3C3CCCCC3)CC2)c2ccc3c(c2)oc2c(C4CCCCC4)cccc23)=CC=C1. The van der Waals surface area contributed by atoms with Crippen LogP contribution in [0.4, 0.5) is 11.4 Å². The maximum Gasteiger partial charge on any atom is 0.138 e. The highest BCUT2D eigenvalue weighted by atomic mass is 16.3. The summed E-state index contributed by atoms with van der Waals surface area (Å²) in [6, 6.07) is 54.1. The number of para-hydroxylation sites is 1. The standard InChI is InChI=1S/C69H65NO/c1-2-8-29-51(28-7-1)62-44-54(47-22-9-3-10-23-47)45-63(52-30-15-6-16-31-52)68(62)70(55-41-42-59-61-39-21-37-58(50-26-13-5-14-27-50)69(61)71-65(59)46-55)64-43-40-53-34-20-36-57(49-24-11-4-12-25-49)66(53)67(64)60-38-19-33-48-32-17-18-35-56(48)60/h1,6-7,15-21,28,30-39,41-42,44-47,49-50H,3-5,9-14,22-27,29,40,43H2. The van der Waals surface area contributed by atoms with Crippen molar-refractivity contribution in [3.05, 3.63) is 202 Å². The Kier molecular flexibility index (Phi) is 12.1. The molecule has 2 heteroatoms. The van der Waals surface area contributed by atoms with E-state index < -0.39 is 0 Å². The monoisotopic (exact) mass is 924 g/mol. The molecule has 71 heavy (non-hydrogen) atoms. The maximum atomic E-state index is 7.27. The number of benzene rings is 7. The fraction of sp³-hybridized carbons (Fsp3) is 0.304. The van der Waals surface area contributed by atoms with Crippen LogP contribution < -0.4 is 4.90 Å². The maximum absolute atomic E-state index is 7.27. The molecule has 5 aliphatic carbocycles. The van der Waals surface area contributed by atoms with Crippen molar-refractivity contribution in [2.75, 3.05) is 4.90 Å². The van der Waals surface area contributed by atoms with Crippen molar-refractivity contribution in [3.8, 4) is 23.0 Å². The van der Waals surface area contributed by atoms with Crippen molar-refractivity contribution in [2.45, 2.75) is 133 Å². The van der Waals surface area contributed by atoms with E-state index in [-0.39, 0.29) is 0 Å². The predicted molar refractivity (Wildman–Crippen MR) is 299 cm³/mol. The van der Waals surface area contributed by atoms with E-state index in [2.05, 4.69) is 168 Å². The number of fused-ring (bicyclic) bond motifs is 5. The van der Waals surface area contributed by atoms with Gasteiger partial charge < -0.3 is 9.32 Å². The average molecular weight is 924 g/mol. The second kappa shape index (κ2) is 19.4. The molecule has 1 heterocycles. The molecule has 13 rings (SSSR count). The van der Waals surface area contributed by atoms with Crippen LogP contribution in [0.5, 0.6) is 0 Å². The summed E-state index contributed by atoms with van der Waals surface area (Å²) < 4.78 is 7.27. The first-order valence-corrected chi connectivity index (χ1v) is 27.4. The van der Waals surface area contributed by atoms with Crippen LogP contribution in [0.25, 0.3) is 55.0 Å². The van der Waals surface area contributed by atoms with Gasteiger partial charge in [0, 0.05) is 51.3 Å². The normalized spacial score (nSPS) is 18.1. The number of hydrogen-bond donors (Lipinski definition) is 0. The van der Waals surface area contributed by atoms with Gasteiger partial charge in [0.25, 0.3) is 0 Å². The molecule has 0 bridgehead atoms. The van der Waals surface area contributed by atoms with E-state index in [1.165, 1.54) is 190 Å². The molecule has 1 aromatic heterocycles.